The molecule has 0 aliphatic carbocycles. The summed E-state index contributed by atoms with van der Waals surface area (Å²) in [5.74, 6) is 1.37. The van der Waals surface area contributed by atoms with E-state index in [4.69, 9.17) is 14.2 Å². The van der Waals surface area contributed by atoms with Crippen LogP contribution < -0.4 is 19.5 Å². The Kier molecular flexibility index (Phi) is 7.30. The average molecular weight is 413 g/mol. The topological polar surface area (TPSA) is 55.9 Å². The van der Waals surface area contributed by atoms with Gasteiger partial charge in [-0.05, 0) is 37.4 Å². The van der Waals surface area contributed by atoms with Crippen molar-refractivity contribution in [2.24, 2.45) is 0 Å². The summed E-state index contributed by atoms with van der Waals surface area (Å²) in [6.45, 7) is 7.57. The number of anilines is 1. The quantitative estimate of drug-likeness (QED) is 0.508. The second-order valence-electron chi connectivity index (χ2n) is 6.70. The molecule has 0 radical (unpaired) electrons. The van der Waals surface area contributed by atoms with E-state index in [1.54, 1.807) is 38.6 Å². The summed E-state index contributed by atoms with van der Waals surface area (Å²) in [6, 6.07) is 10.1. The Morgan fingerprint density at radius 1 is 1.00 bits per heavy atom. The third-order valence-electron chi connectivity index (χ3n) is 4.99. The number of aromatic nitrogens is 1. The maximum absolute atomic E-state index is 14.4. The van der Waals surface area contributed by atoms with Crippen LogP contribution in [0.2, 0.25) is 0 Å². The Labute approximate surface area is 176 Å². The summed E-state index contributed by atoms with van der Waals surface area (Å²) in [6.07, 6.45) is 1.63. The van der Waals surface area contributed by atoms with Crippen molar-refractivity contribution in [3.05, 3.63) is 48.4 Å². The normalized spacial score (nSPS) is 11.0. The molecule has 0 fully saturated rings. The second kappa shape index (κ2) is 10.1. The number of benzene rings is 2. The van der Waals surface area contributed by atoms with E-state index in [9.17, 15) is 4.39 Å². The molecule has 0 saturated heterocycles. The molecule has 30 heavy (non-hydrogen) atoms. The molecule has 1 N–H and O–H groups in total. The summed E-state index contributed by atoms with van der Waals surface area (Å²) in [5.41, 5.74) is 1.35. The monoisotopic (exact) mass is 413 g/mol. The summed E-state index contributed by atoms with van der Waals surface area (Å²) < 4.78 is 31.7. The van der Waals surface area contributed by atoms with E-state index < -0.39 is 5.82 Å². The predicted molar refractivity (Wildman–Crippen MR) is 118 cm³/mol. The van der Waals surface area contributed by atoms with Gasteiger partial charge in [-0.2, -0.15) is 0 Å². The van der Waals surface area contributed by atoms with Crippen LogP contribution in [-0.4, -0.2) is 50.3 Å². The minimum absolute atomic E-state index is 0.139. The van der Waals surface area contributed by atoms with Crippen molar-refractivity contribution in [1.29, 1.82) is 0 Å². The number of hydrogen-bond acceptors (Lipinski definition) is 6. The van der Waals surface area contributed by atoms with Gasteiger partial charge in [-0.1, -0.05) is 13.8 Å². The standard InChI is InChI=1S/C23H28FN3O3/c1-5-27(6-2)11-12-29-23-15-19-17(14-22(23)28-4)20(9-10-26-19)30-21-8-7-16(25-3)13-18(21)24/h7-10,13-15,25H,5-6,11-12H2,1-4H3. The molecule has 1 aromatic heterocycles. The fraction of sp³-hybridized carbons (Fsp3) is 0.348. The van der Waals surface area contributed by atoms with Crippen LogP contribution in [0, 0.1) is 5.82 Å². The Hall–Kier alpha value is -3.06. The number of rotatable bonds is 10. The van der Waals surface area contributed by atoms with E-state index in [0.717, 1.165) is 19.6 Å². The largest absolute Gasteiger partial charge is 0.493 e. The zero-order valence-electron chi connectivity index (χ0n) is 17.9. The molecule has 0 spiro atoms. The maximum Gasteiger partial charge on any atom is 0.167 e. The molecule has 3 aromatic rings. The minimum Gasteiger partial charge on any atom is -0.493 e. The van der Waals surface area contributed by atoms with E-state index in [1.165, 1.54) is 6.07 Å². The number of halogens is 1. The van der Waals surface area contributed by atoms with Gasteiger partial charge in [0.15, 0.2) is 23.1 Å². The number of likely N-dealkylation sites (N-methyl/N-ethyl adjacent to an activating group) is 1. The van der Waals surface area contributed by atoms with Gasteiger partial charge in [-0.15, -0.1) is 0 Å². The van der Waals surface area contributed by atoms with E-state index in [1.807, 2.05) is 12.1 Å². The molecule has 0 bridgehead atoms. The highest BCUT2D eigenvalue weighted by Gasteiger charge is 2.14. The molecule has 0 aliphatic rings. The highest BCUT2D eigenvalue weighted by atomic mass is 19.1. The van der Waals surface area contributed by atoms with E-state index in [2.05, 4.69) is 29.0 Å². The van der Waals surface area contributed by atoms with Crippen LogP contribution in [-0.2, 0) is 0 Å². The Morgan fingerprint density at radius 3 is 2.47 bits per heavy atom. The number of fused-ring (bicyclic) bond motifs is 1. The summed E-state index contributed by atoms with van der Waals surface area (Å²) in [5, 5.41) is 3.61. The SMILES string of the molecule is CCN(CC)CCOc1cc2nccc(Oc3ccc(NC)cc3F)c2cc1OC. The van der Waals surface area contributed by atoms with Gasteiger partial charge in [0.05, 0.1) is 12.6 Å². The van der Waals surface area contributed by atoms with Crippen molar-refractivity contribution in [2.45, 2.75) is 13.8 Å². The lowest BCUT2D eigenvalue weighted by Crippen LogP contribution is -2.27. The molecule has 1 heterocycles. The van der Waals surface area contributed by atoms with Crippen molar-refractivity contribution < 1.29 is 18.6 Å². The predicted octanol–water partition coefficient (Wildman–Crippen LogP) is 4.94. The molecule has 3 rings (SSSR count). The van der Waals surface area contributed by atoms with Crippen LogP contribution in [0.15, 0.2) is 42.6 Å². The van der Waals surface area contributed by atoms with Gasteiger partial charge in [0, 0.05) is 43.0 Å². The van der Waals surface area contributed by atoms with Crippen molar-refractivity contribution >= 4 is 16.6 Å². The molecular formula is C23H28FN3O3. The van der Waals surface area contributed by atoms with Gasteiger partial charge in [0.25, 0.3) is 0 Å². The smallest absolute Gasteiger partial charge is 0.167 e. The lowest BCUT2D eigenvalue weighted by atomic mass is 10.1. The van der Waals surface area contributed by atoms with Gasteiger partial charge < -0.3 is 24.4 Å². The lowest BCUT2D eigenvalue weighted by Gasteiger charge is -2.19. The summed E-state index contributed by atoms with van der Waals surface area (Å²) >= 11 is 0. The van der Waals surface area contributed by atoms with E-state index in [0.29, 0.717) is 40.4 Å². The van der Waals surface area contributed by atoms with Crippen molar-refractivity contribution in [3.63, 3.8) is 0 Å². The molecule has 0 amide bonds. The third kappa shape index (κ3) is 4.91. The van der Waals surface area contributed by atoms with Crippen molar-refractivity contribution in [2.75, 3.05) is 45.7 Å². The zero-order chi connectivity index (χ0) is 21.5. The van der Waals surface area contributed by atoms with Gasteiger partial charge in [0.2, 0.25) is 0 Å². The van der Waals surface area contributed by atoms with Crippen LogP contribution in [0.5, 0.6) is 23.0 Å². The van der Waals surface area contributed by atoms with Crippen LogP contribution in [0.25, 0.3) is 10.9 Å². The Morgan fingerprint density at radius 2 is 1.80 bits per heavy atom. The minimum atomic E-state index is -0.449. The van der Waals surface area contributed by atoms with Gasteiger partial charge in [-0.25, -0.2) is 4.39 Å². The fourth-order valence-corrected chi connectivity index (χ4v) is 3.17. The van der Waals surface area contributed by atoms with Gasteiger partial charge >= 0.3 is 0 Å². The van der Waals surface area contributed by atoms with Gasteiger partial charge in [-0.3, -0.25) is 4.98 Å². The molecule has 6 nitrogen and oxygen atoms in total. The maximum atomic E-state index is 14.4. The number of nitrogens with one attached hydrogen (secondary N) is 1. The molecule has 0 aliphatic heterocycles. The lowest BCUT2D eigenvalue weighted by molar-refractivity contribution is 0.217. The first-order valence-corrected chi connectivity index (χ1v) is 10.1. The molecular weight excluding hydrogens is 385 g/mol. The van der Waals surface area contributed by atoms with Crippen LogP contribution in [0.3, 0.4) is 0 Å². The Balaban J connectivity index is 1.87. The first-order valence-electron chi connectivity index (χ1n) is 10.1. The van der Waals surface area contributed by atoms with Crippen LogP contribution in [0.4, 0.5) is 10.1 Å². The Bertz CT molecular complexity index is 993. The second-order valence-corrected chi connectivity index (χ2v) is 6.70. The third-order valence-corrected chi connectivity index (χ3v) is 4.99. The first kappa shape index (κ1) is 21.6. The van der Waals surface area contributed by atoms with Crippen molar-refractivity contribution in [3.8, 4) is 23.0 Å². The number of ether oxygens (including phenoxy) is 3. The van der Waals surface area contributed by atoms with Crippen molar-refractivity contribution in [1.82, 2.24) is 9.88 Å². The molecule has 0 unspecified atom stereocenters. The highest BCUT2D eigenvalue weighted by Crippen LogP contribution is 2.37. The van der Waals surface area contributed by atoms with Crippen LogP contribution >= 0.6 is 0 Å². The molecule has 0 saturated carbocycles. The van der Waals surface area contributed by atoms with Gasteiger partial charge in [0.1, 0.15) is 12.4 Å². The number of methoxy groups -OCH3 is 1. The van der Waals surface area contributed by atoms with Crippen LogP contribution in [0.1, 0.15) is 13.8 Å². The first-order chi connectivity index (χ1) is 14.6. The number of hydrogen-bond donors (Lipinski definition) is 1. The molecule has 160 valence electrons. The summed E-state index contributed by atoms with van der Waals surface area (Å²) in [4.78, 5) is 6.70. The summed E-state index contributed by atoms with van der Waals surface area (Å²) in [7, 11) is 3.32. The molecule has 7 heteroatoms. The molecule has 0 atom stereocenters. The average Bonchev–Trinajstić information content (AvgIpc) is 2.77. The van der Waals surface area contributed by atoms with E-state index >= 15 is 0 Å². The zero-order valence-corrected chi connectivity index (χ0v) is 17.9. The fourth-order valence-electron chi connectivity index (χ4n) is 3.17. The highest BCUT2D eigenvalue weighted by molar-refractivity contribution is 5.88. The van der Waals surface area contributed by atoms with E-state index in [-0.39, 0.29) is 5.75 Å². The number of nitrogens with zero attached hydrogens (tertiary/aromatic N) is 2. The number of pyridine rings is 1. The molecule has 2 aromatic carbocycles.